The predicted molar refractivity (Wildman–Crippen MR) is 60.5 cm³/mol. The standard InChI is InChI=1S/C8H9ClN2O2S2/c1-4-5(2)11-15(12,13)7-6(3)10-8(9)14-7/h1,5,11H,2-3H3. The molecular weight excluding hydrogens is 256 g/mol. The molecular formula is C8H9ClN2O2S2. The zero-order valence-corrected chi connectivity index (χ0v) is 10.5. The van der Waals surface area contributed by atoms with Crippen LogP contribution in [0.2, 0.25) is 4.47 Å². The third-order valence-corrected chi connectivity index (χ3v) is 4.97. The van der Waals surface area contributed by atoms with Crippen LogP contribution in [0.3, 0.4) is 0 Å². The second-order valence-electron chi connectivity index (χ2n) is 2.85. The maximum atomic E-state index is 11.7. The van der Waals surface area contributed by atoms with E-state index in [0.29, 0.717) is 5.69 Å². The number of nitrogens with one attached hydrogen (secondary N) is 1. The third kappa shape index (κ3) is 2.92. The van der Waals surface area contributed by atoms with Gasteiger partial charge in [-0.25, -0.2) is 13.4 Å². The van der Waals surface area contributed by atoms with E-state index in [-0.39, 0.29) is 8.68 Å². The van der Waals surface area contributed by atoms with Crippen LogP contribution in [0.5, 0.6) is 0 Å². The van der Waals surface area contributed by atoms with Crippen LogP contribution in [0.15, 0.2) is 4.21 Å². The number of sulfonamides is 1. The van der Waals surface area contributed by atoms with Crippen molar-refractivity contribution in [3.05, 3.63) is 10.2 Å². The molecule has 1 aromatic heterocycles. The zero-order valence-electron chi connectivity index (χ0n) is 8.11. The molecule has 1 heterocycles. The Morgan fingerprint density at radius 2 is 2.27 bits per heavy atom. The molecule has 1 unspecified atom stereocenters. The number of aromatic nitrogens is 1. The molecule has 0 bridgehead atoms. The molecule has 0 fully saturated rings. The summed E-state index contributed by atoms with van der Waals surface area (Å²) in [5.41, 5.74) is 0.377. The fraction of sp³-hybridized carbons (Fsp3) is 0.375. The highest BCUT2D eigenvalue weighted by Crippen LogP contribution is 2.26. The Labute approximate surface area is 97.7 Å². The van der Waals surface area contributed by atoms with E-state index in [1.165, 1.54) is 0 Å². The van der Waals surface area contributed by atoms with Crippen molar-refractivity contribution in [3.63, 3.8) is 0 Å². The van der Waals surface area contributed by atoms with Gasteiger partial charge >= 0.3 is 0 Å². The molecule has 1 rings (SSSR count). The minimum atomic E-state index is -3.60. The van der Waals surface area contributed by atoms with Crippen molar-refractivity contribution in [2.45, 2.75) is 24.1 Å². The first kappa shape index (κ1) is 12.5. The summed E-state index contributed by atoms with van der Waals surface area (Å²) >= 11 is 6.53. The number of terminal acetylenes is 1. The van der Waals surface area contributed by atoms with Crippen LogP contribution >= 0.6 is 22.9 Å². The molecule has 0 saturated heterocycles. The SMILES string of the molecule is C#CC(C)NS(=O)(=O)c1sc(Cl)nc1C. The maximum absolute atomic E-state index is 11.7. The van der Waals surface area contributed by atoms with Crippen LogP contribution < -0.4 is 4.72 Å². The number of aryl methyl sites for hydroxylation is 1. The van der Waals surface area contributed by atoms with E-state index in [0.717, 1.165) is 11.3 Å². The van der Waals surface area contributed by atoms with Gasteiger partial charge in [0.15, 0.2) is 8.68 Å². The molecule has 0 spiro atoms. The zero-order chi connectivity index (χ0) is 11.6. The lowest BCUT2D eigenvalue weighted by atomic mass is 10.4. The van der Waals surface area contributed by atoms with Crippen molar-refractivity contribution in [1.29, 1.82) is 0 Å². The molecule has 82 valence electrons. The van der Waals surface area contributed by atoms with Gasteiger partial charge < -0.3 is 0 Å². The molecule has 1 aromatic rings. The van der Waals surface area contributed by atoms with Gasteiger partial charge in [-0.05, 0) is 13.8 Å². The average Bonchev–Trinajstić information content (AvgIpc) is 2.45. The summed E-state index contributed by atoms with van der Waals surface area (Å²) in [6.07, 6.45) is 5.09. The molecule has 0 aromatic carbocycles. The van der Waals surface area contributed by atoms with Gasteiger partial charge in [-0.3, -0.25) is 0 Å². The summed E-state index contributed by atoms with van der Waals surface area (Å²) < 4.78 is 26.1. The Morgan fingerprint density at radius 1 is 1.67 bits per heavy atom. The number of nitrogens with zero attached hydrogens (tertiary/aromatic N) is 1. The minimum Gasteiger partial charge on any atom is -0.229 e. The second-order valence-corrected chi connectivity index (χ2v) is 6.34. The molecule has 0 amide bonds. The van der Waals surface area contributed by atoms with Gasteiger partial charge in [0.2, 0.25) is 0 Å². The lowest BCUT2D eigenvalue weighted by Gasteiger charge is -2.06. The van der Waals surface area contributed by atoms with Crippen LogP contribution in [-0.2, 0) is 10.0 Å². The van der Waals surface area contributed by atoms with Gasteiger partial charge in [0.25, 0.3) is 10.0 Å². The van der Waals surface area contributed by atoms with Crippen LogP contribution in [0.1, 0.15) is 12.6 Å². The molecule has 0 radical (unpaired) electrons. The monoisotopic (exact) mass is 264 g/mol. The van der Waals surface area contributed by atoms with E-state index in [1.54, 1.807) is 13.8 Å². The predicted octanol–water partition coefficient (Wildman–Crippen LogP) is 1.40. The molecule has 7 heteroatoms. The lowest BCUT2D eigenvalue weighted by molar-refractivity contribution is 0.579. The smallest absolute Gasteiger partial charge is 0.229 e. The number of halogens is 1. The quantitative estimate of drug-likeness (QED) is 0.840. The van der Waals surface area contributed by atoms with E-state index < -0.39 is 16.1 Å². The summed E-state index contributed by atoms with van der Waals surface area (Å²) in [7, 11) is -3.60. The van der Waals surface area contributed by atoms with E-state index in [4.69, 9.17) is 18.0 Å². The fourth-order valence-electron chi connectivity index (χ4n) is 0.920. The van der Waals surface area contributed by atoms with Gasteiger partial charge in [-0.15, -0.1) is 6.42 Å². The molecule has 15 heavy (non-hydrogen) atoms. The van der Waals surface area contributed by atoms with Crippen molar-refractivity contribution in [2.75, 3.05) is 0 Å². The first-order chi connectivity index (χ1) is 6.86. The molecule has 0 aliphatic heterocycles. The first-order valence-electron chi connectivity index (χ1n) is 3.98. The van der Waals surface area contributed by atoms with Crippen LogP contribution in [0.25, 0.3) is 0 Å². The summed E-state index contributed by atoms with van der Waals surface area (Å²) in [5, 5.41) is 0. The Kier molecular flexibility index (Phi) is 3.73. The van der Waals surface area contributed by atoms with Crippen molar-refractivity contribution >= 4 is 33.0 Å². The Bertz CT molecular complexity index is 501. The lowest BCUT2D eigenvalue weighted by Crippen LogP contribution is -2.31. The van der Waals surface area contributed by atoms with Crippen LogP contribution in [0, 0.1) is 19.3 Å². The van der Waals surface area contributed by atoms with Crippen molar-refractivity contribution in [3.8, 4) is 12.3 Å². The fourth-order valence-corrected chi connectivity index (χ4v) is 3.84. The van der Waals surface area contributed by atoms with Gasteiger partial charge in [-0.2, -0.15) is 4.72 Å². The van der Waals surface area contributed by atoms with Gasteiger partial charge in [0, 0.05) is 0 Å². The van der Waals surface area contributed by atoms with Gasteiger partial charge in [0.05, 0.1) is 11.7 Å². The summed E-state index contributed by atoms with van der Waals surface area (Å²) in [5.74, 6) is 2.28. The number of hydrogen-bond acceptors (Lipinski definition) is 4. The van der Waals surface area contributed by atoms with E-state index in [1.807, 2.05) is 0 Å². The van der Waals surface area contributed by atoms with Crippen LogP contribution in [-0.4, -0.2) is 19.4 Å². The molecule has 0 aliphatic carbocycles. The Morgan fingerprint density at radius 3 is 2.67 bits per heavy atom. The van der Waals surface area contributed by atoms with Crippen molar-refractivity contribution in [2.24, 2.45) is 0 Å². The average molecular weight is 265 g/mol. The van der Waals surface area contributed by atoms with Gasteiger partial charge in [-0.1, -0.05) is 28.9 Å². The highest BCUT2D eigenvalue weighted by Gasteiger charge is 2.22. The first-order valence-corrected chi connectivity index (χ1v) is 6.66. The number of hydrogen-bond donors (Lipinski definition) is 1. The molecule has 0 saturated carbocycles. The summed E-state index contributed by atoms with van der Waals surface area (Å²) in [6.45, 7) is 3.16. The summed E-state index contributed by atoms with van der Waals surface area (Å²) in [6, 6.07) is -0.560. The van der Waals surface area contributed by atoms with E-state index in [2.05, 4.69) is 15.6 Å². The molecule has 0 aliphatic rings. The van der Waals surface area contributed by atoms with E-state index >= 15 is 0 Å². The second kappa shape index (κ2) is 4.49. The van der Waals surface area contributed by atoms with Crippen LogP contribution in [0.4, 0.5) is 0 Å². The number of thiazole rings is 1. The van der Waals surface area contributed by atoms with E-state index in [9.17, 15) is 8.42 Å². The molecule has 4 nitrogen and oxygen atoms in total. The Balaban J connectivity index is 3.08. The minimum absolute atomic E-state index is 0.106. The highest BCUT2D eigenvalue weighted by molar-refractivity contribution is 7.91. The number of rotatable bonds is 3. The largest absolute Gasteiger partial charge is 0.253 e. The highest BCUT2D eigenvalue weighted by atomic mass is 35.5. The molecule has 1 atom stereocenters. The Hall–Kier alpha value is -0.610. The normalized spacial score (nSPS) is 13.5. The van der Waals surface area contributed by atoms with Crippen molar-refractivity contribution in [1.82, 2.24) is 9.71 Å². The third-order valence-electron chi connectivity index (χ3n) is 1.55. The summed E-state index contributed by atoms with van der Waals surface area (Å²) in [4.78, 5) is 3.82. The van der Waals surface area contributed by atoms with Crippen molar-refractivity contribution < 1.29 is 8.42 Å². The topological polar surface area (TPSA) is 59.1 Å². The maximum Gasteiger partial charge on any atom is 0.253 e. The molecule has 1 N–H and O–H groups in total. The van der Waals surface area contributed by atoms with Gasteiger partial charge in [0.1, 0.15) is 0 Å².